The van der Waals surface area contributed by atoms with E-state index in [-0.39, 0.29) is 37.1 Å². The Bertz CT molecular complexity index is 764. The van der Waals surface area contributed by atoms with Gasteiger partial charge in [0.2, 0.25) is 0 Å². The number of halogens is 2. The number of carbonyl (C=O) groups excluding carboxylic acids is 2. The van der Waals surface area contributed by atoms with Gasteiger partial charge in [-0.3, -0.25) is 9.59 Å². The third kappa shape index (κ3) is 7.93. The number of hydrogen-bond donors (Lipinski definition) is 2. The number of rotatable bonds is 8. The molecule has 6 nitrogen and oxygen atoms in total. The van der Waals surface area contributed by atoms with Crippen molar-refractivity contribution in [1.29, 1.82) is 0 Å². The van der Waals surface area contributed by atoms with Crippen LogP contribution in [0.2, 0.25) is 0 Å². The molecule has 0 bridgehead atoms. The molecule has 0 saturated heterocycles. The normalized spacial score (nSPS) is 18.3. The lowest BCUT2D eigenvalue weighted by molar-refractivity contribution is -0.125. The van der Waals surface area contributed by atoms with E-state index in [0.29, 0.717) is 11.5 Å². The van der Waals surface area contributed by atoms with Gasteiger partial charge in [-0.1, -0.05) is 0 Å². The van der Waals surface area contributed by atoms with Crippen molar-refractivity contribution in [1.82, 2.24) is 10.6 Å². The Morgan fingerprint density at radius 3 is 1.37 bits per heavy atom. The lowest BCUT2D eigenvalue weighted by atomic mass is 9.91. The van der Waals surface area contributed by atoms with Gasteiger partial charge < -0.3 is 20.1 Å². The van der Waals surface area contributed by atoms with Crippen molar-refractivity contribution in [2.45, 2.75) is 37.8 Å². The van der Waals surface area contributed by atoms with Crippen LogP contribution < -0.4 is 20.1 Å². The van der Waals surface area contributed by atoms with Crippen molar-refractivity contribution in [2.75, 3.05) is 13.2 Å². The van der Waals surface area contributed by atoms with E-state index in [1.54, 1.807) is 0 Å². The van der Waals surface area contributed by atoms with Gasteiger partial charge in [-0.15, -0.1) is 0 Å². The van der Waals surface area contributed by atoms with Gasteiger partial charge in [0.15, 0.2) is 13.2 Å². The first kappa shape index (κ1) is 23.1. The quantitative estimate of drug-likeness (QED) is 0.433. The summed E-state index contributed by atoms with van der Waals surface area (Å²) in [6, 6.07) is 15.4. The highest BCUT2D eigenvalue weighted by molar-refractivity contribution is 14.1. The molecule has 1 aliphatic rings. The van der Waals surface area contributed by atoms with Crippen molar-refractivity contribution < 1.29 is 19.1 Å². The molecule has 1 aliphatic carbocycles. The largest absolute Gasteiger partial charge is 0.484 e. The Morgan fingerprint density at radius 1 is 0.700 bits per heavy atom. The van der Waals surface area contributed by atoms with Crippen LogP contribution in [0.5, 0.6) is 11.5 Å². The molecule has 160 valence electrons. The molecule has 8 heteroatoms. The van der Waals surface area contributed by atoms with Crippen LogP contribution in [0.4, 0.5) is 0 Å². The van der Waals surface area contributed by atoms with Gasteiger partial charge >= 0.3 is 0 Å². The zero-order valence-electron chi connectivity index (χ0n) is 16.4. The molecule has 0 aromatic heterocycles. The molecule has 30 heavy (non-hydrogen) atoms. The van der Waals surface area contributed by atoms with Crippen molar-refractivity contribution in [3.8, 4) is 11.5 Å². The van der Waals surface area contributed by atoms with E-state index >= 15 is 0 Å². The van der Waals surface area contributed by atoms with Crippen molar-refractivity contribution >= 4 is 57.0 Å². The molecule has 2 aromatic rings. The third-order valence-electron chi connectivity index (χ3n) is 4.82. The summed E-state index contributed by atoms with van der Waals surface area (Å²) in [4.78, 5) is 24.3. The fourth-order valence-corrected chi connectivity index (χ4v) is 4.00. The van der Waals surface area contributed by atoms with Crippen molar-refractivity contribution in [3.05, 3.63) is 55.7 Å². The van der Waals surface area contributed by atoms with Gasteiger partial charge in [-0.2, -0.15) is 0 Å². The summed E-state index contributed by atoms with van der Waals surface area (Å²) >= 11 is 4.45. The van der Waals surface area contributed by atoms with E-state index < -0.39 is 0 Å². The second-order valence-electron chi connectivity index (χ2n) is 7.17. The number of ether oxygens (including phenoxy) is 2. The van der Waals surface area contributed by atoms with Crippen LogP contribution in [-0.2, 0) is 9.59 Å². The van der Waals surface area contributed by atoms with Gasteiger partial charge in [-0.05, 0) is 119 Å². The minimum atomic E-state index is -0.119. The van der Waals surface area contributed by atoms with Crippen LogP contribution in [-0.4, -0.2) is 37.1 Å². The van der Waals surface area contributed by atoms with E-state index in [0.717, 1.165) is 32.8 Å². The lowest BCUT2D eigenvalue weighted by Crippen LogP contribution is -2.45. The molecule has 0 aliphatic heterocycles. The van der Waals surface area contributed by atoms with Gasteiger partial charge in [0.1, 0.15) is 11.5 Å². The maximum Gasteiger partial charge on any atom is 0.258 e. The molecule has 2 aromatic carbocycles. The Kier molecular flexibility index (Phi) is 9.04. The summed E-state index contributed by atoms with van der Waals surface area (Å²) in [5, 5.41) is 6.04. The van der Waals surface area contributed by atoms with E-state index in [1.807, 2.05) is 48.5 Å². The van der Waals surface area contributed by atoms with Crippen molar-refractivity contribution in [3.63, 3.8) is 0 Å². The highest BCUT2D eigenvalue weighted by atomic mass is 127. The molecule has 0 spiro atoms. The second kappa shape index (κ2) is 11.7. The number of carbonyl (C=O) groups is 2. The first-order valence-corrected chi connectivity index (χ1v) is 12.0. The summed E-state index contributed by atoms with van der Waals surface area (Å²) in [5.41, 5.74) is 0. The highest BCUT2D eigenvalue weighted by Crippen LogP contribution is 2.19. The summed E-state index contributed by atoms with van der Waals surface area (Å²) in [5.74, 6) is 1.13. The first-order chi connectivity index (χ1) is 14.5. The van der Waals surface area contributed by atoms with E-state index in [2.05, 4.69) is 55.8 Å². The SMILES string of the molecule is O=C(COc1ccc(I)cc1)N[C@H]1CC[C@H](NC(=O)COc2ccc(I)cc2)CC1. The van der Waals surface area contributed by atoms with Crippen LogP contribution in [0, 0.1) is 7.14 Å². The van der Waals surface area contributed by atoms with Crippen LogP contribution in [0.25, 0.3) is 0 Å². The maximum atomic E-state index is 12.1. The standard InChI is InChI=1S/C22H24I2N2O4/c23-15-1-9-19(10-2-15)29-13-21(27)25-17-5-7-18(8-6-17)26-22(28)14-30-20-11-3-16(24)4-12-20/h1-4,9-12,17-18H,5-8,13-14H2,(H,25,27)(H,26,28)/t17-,18-. The molecular formula is C22H24I2N2O4. The van der Waals surface area contributed by atoms with Crippen molar-refractivity contribution in [2.24, 2.45) is 0 Å². The molecule has 2 amide bonds. The topological polar surface area (TPSA) is 76.7 Å². The van der Waals surface area contributed by atoms with Gasteiger partial charge in [-0.25, -0.2) is 0 Å². The monoisotopic (exact) mass is 634 g/mol. The van der Waals surface area contributed by atoms with Gasteiger partial charge in [0.25, 0.3) is 11.8 Å². The fraction of sp³-hybridized carbons (Fsp3) is 0.364. The molecule has 3 rings (SSSR count). The molecule has 0 heterocycles. The lowest BCUT2D eigenvalue weighted by Gasteiger charge is -2.29. The third-order valence-corrected chi connectivity index (χ3v) is 6.26. The molecule has 0 unspecified atom stereocenters. The van der Waals surface area contributed by atoms with Gasteiger partial charge in [0.05, 0.1) is 0 Å². The summed E-state index contributed by atoms with van der Waals surface area (Å²) in [7, 11) is 0. The average molecular weight is 634 g/mol. The maximum absolute atomic E-state index is 12.1. The van der Waals surface area contributed by atoms with Crippen LogP contribution >= 0.6 is 45.2 Å². The summed E-state index contributed by atoms with van der Waals surface area (Å²) in [6.07, 6.45) is 3.33. The second-order valence-corrected chi connectivity index (χ2v) is 9.66. The fourth-order valence-electron chi connectivity index (χ4n) is 3.28. The summed E-state index contributed by atoms with van der Waals surface area (Å²) in [6.45, 7) is 0.0142. The van der Waals surface area contributed by atoms with Crippen LogP contribution in [0.1, 0.15) is 25.7 Å². The Hall–Kier alpha value is -1.56. The van der Waals surface area contributed by atoms with E-state index in [9.17, 15) is 9.59 Å². The molecule has 1 fully saturated rings. The minimum absolute atomic E-state index is 0.00708. The number of benzene rings is 2. The van der Waals surface area contributed by atoms with Crippen LogP contribution in [0.3, 0.4) is 0 Å². The molecular weight excluding hydrogens is 610 g/mol. The highest BCUT2D eigenvalue weighted by Gasteiger charge is 2.23. The Labute approximate surface area is 203 Å². The van der Waals surface area contributed by atoms with E-state index in [1.165, 1.54) is 0 Å². The first-order valence-electron chi connectivity index (χ1n) is 9.83. The number of amides is 2. The average Bonchev–Trinajstić information content (AvgIpc) is 2.74. The smallest absolute Gasteiger partial charge is 0.258 e. The van der Waals surface area contributed by atoms with E-state index in [4.69, 9.17) is 9.47 Å². The number of hydrogen-bond acceptors (Lipinski definition) is 4. The molecule has 2 N–H and O–H groups in total. The minimum Gasteiger partial charge on any atom is -0.484 e. The molecule has 1 saturated carbocycles. The Morgan fingerprint density at radius 2 is 1.03 bits per heavy atom. The van der Waals surface area contributed by atoms with Gasteiger partial charge in [0, 0.05) is 19.2 Å². The van der Waals surface area contributed by atoms with Crippen LogP contribution in [0.15, 0.2) is 48.5 Å². The predicted octanol–water partition coefficient (Wildman–Crippen LogP) is 3.90. The summed E-state index contributed by atoms with van der Waals surface area (Å²) < 4.78 is 13.3. The molecule has 0 radical (unpaired) electrons. The predicted molar refractivity (Wildman–Crippen MR) is 132 cm³/mol. The zero-order chi connectivity index (χ0) is 21.3. The Balaban J connectivity index is 1.31. The molecule has 0 atom stereocenters. The number of nitrogens with one attached hydrogen (secondary N) is 2. The zero-order valence-corrected chi connectivity index (χ0v) is 20.7.